The van der Waals surface area contributed by atoms with Gasteiger partial charge in [0.2, 0.25) is 0 Å². The molecule has 0 spiro atoms. The third-order valence-corrected chi connectivity index (χ3v) is 2.50. The molecule has 0 amide bonds. The second-order valence-corrected chi connectivity index (χ2v) is 4.09. The van der Waals surface area contributed by atoms with E-state index in [0.717, 1.165) is 11.1 Å². The van der Waals surface area contributed by atoms with Crippen molar-refractivity contribution in [3.63, 3.8) is 0 Å². The molecule has 0 aliphatic rings. The molecule has 1 aromatic heterocycles. The Kier molecular flexibility index (Phi) is 2.64. The van der Waals surface area contributed by atoms with Gasteiger partial charge in [-0.2, -0.15) is 0 Å². The van der Waals surface area contributed by atoms with Crippen LogP contribution in [-0.2, 0) is 11.2 Å². The van der Waals surface area contributed by atoms with Crippen molar-refractivity contribution in [1.82, 2.24) is 5.16 Å². The minimum atomic E-state index is -0.866. The van der Waals surface area contributed by atoms with E-state index >= 15 is 0 Å². The van der Waals surface area contributed by atoms with Crippen molar-refractivity contribution in [3.8, 4) is 0 Å². The standard InChI is InChI=1S/C12H13NO3/c1-7(2)11-9-5-3-4-8(6-10(14)15)12(9)16-13-11/h3-5,7H,6H2,1-2H3,(H,14,15). The Hall–Kier alpha value is -1.84. The Balaban J connectivity index is 2.57. The van der Waals surface area contributed by atoms with Crippen LogP contribution in [-0.4, -0.2) is 16.2 Å². The van der Waals surface area contributed by atoms with E-state index in [4.69, 9.17) is 9.63 Å². The van der Waals surface area contributed by atoms with Crippen LogP contribution in [0.5, 0.6) is 0 Å². The molecule has 0 fully saturated rings. The van der Waals surface area contributed by atoms with Gasteiger partial charge < -0.3 is 9.63 Å². The van der Waals surface area contributed by atoms with E-state index < -0.39 is 5.97 Å². The molecule has 0 bridgehead atoms. The van der Waals surface area contributed by atoms with Crippen LogP contribution in [0.4, 0.5) is 0 Å². The molecule has 2 aromatic rings. The molecule has 0 aliphatic heterocycles. The lowest BCUT2D eigenvalue weighted by Gasteiger charge is -1.99. The monoisotopic (exact) mass is 219 g/mol. The van der Waals surface area contributed by atoms with Crippen molar-refractivity contribution >= 4 is 16.9 Å². The van der Waals surface area contributed by atoms with Crippen LogP contribution in [0.1, 0.15) is 31.0 Å². The summed E-state index contributed by atoms with van der Waals surface area (Å²) in [5, 5.41) is 13.7. The normalized spacial score (nSPS) is 11.2. The maximum Gasteiger partial charge on any atom is 0.307 e. The minimum absolute atomic E-state index is 0.0376. The molecule has 0 radical (unpaired) electrons. The van der Waals surface area contributed by atoms with Gasteiger partial charge in [-0.05, 0) is 12.0 Å². The Labute approximate surface area is 92.9 Å². The molecule has 1 aromatic carbocycles. The van der Waals surface area contributed by atoms with E-state index in [9.17, 15) is 4.79 Å². The summed E-state index contributed by atoms with van der Waals surface area (Å²) in [6.45, 7) is 4.06. The predicted molar refractivity (Wildman–Crippen MR) is 59.4 cm³/mol. The summed E-state index contributed by atoms with van der Waals surface area (Å²) in [7, 11) is 0. The first-order chi connectivity index (χ1) is 7.59. The zero-order valence-electron chi connectivity index (χ0n) is 9.23. The van der Waals surface area contributed by atoms with Crippen molar-refractivity contribution in [3.05, 3.63) is 29.5 Å². The van der Waals surface area contributed by atoms with Crippen molar-refractivity contribution in [2.45, 2.75) is 26.2 Å². The number of carboxylic acid groups (broad SMARTS) is 1. The molecule has 4 heteroatoms. The predicted octanol–water partition coefficient (Wildman–Crippen LogP) is 2.58. The number of para-hydroxylation sites is 1. The van der Waals surface area contributed by atoms with Crippen LogP contribution in [0, 0.1) is 0 Å². The highest BCUT2D eigenvalue weighted by Crippen LogP contribution is 2.27. The van der Waals surface area contributed by atoms with Crippen LogP contribution >= 0.6 is 0 Å². The average Bonchev–Trinajstić information content (AvgIpc) is 2.61. The van der Waals surface area contributed by atoms with Gasteiger partial charge in [-0.1, -0.05) is 31.1 Å². The Morgan fingerprint density at radius 2 is 2.25 bits per heavy atom. The van der Waals surface area contributed by atoms with Crippen molar-refractivity contribution in [2.24, 2.45) is 0 Å². The molecule has 16 heavy (non-hydrogen) atoms. The lowest BCUT2D eigenvalue weighted by atomic mass is 10.0. The second kappa shape index (κ2) is 3.96. The quantitative estimate of drug-likeness (QED) is 0.861. The van der Waals surface area contributed by atoms with E-state index in [-0.39, 0.29) is 12.3 Å². The number of nitrogens with zero attached hydrogens (tertiary/aromatic N) is 1. The highest BCUT2D eigenvalue weighted by molar-refractivity contribution is 5.86. The molecular formula is C12H13NO3. The number of hydrogen-bond donors (Lipinski definition) is 1. The number of carbonyl (C=O) groups is 1. The molecule has 1 heterocycles. The van der Waals surface area contributed by atoms with Crippen LogP contribution in [0.2, 0.25) is 0 Å². The molecule has 84 valence electrons. The first-order valence-electron chi connectivity index (χ1n) is 5.18. The summed E-state index contributed by atoms with van der Waals surface area (Å²) in [6, 6.07) is 5.50. The van der Waals surface area contributed by atoms with Crippen LogP contribution < -0.4 is 0 Å². The summed E-state index contributed by atoms with van der Waals surface area (Å²) in [5.41, 5.74) is 2.14. The molecule has 2 rings (SSSR count). The van der Waals surface area contributed by atoms with Gasteiger partial charge in [0.15, 0.2) is 5.58 Å². The molecule has 0 saturated carbocycles. The highest BCUT2D eigenvalue weighted by Gasteiger charge is 2.15. The maximum absolute atomic E-state index is 10.7. The van der Waals surface area contributed by atoms with E-state index in [1.54, 1.807) is 6.07 Å². The highest BCUT2D eigenvalue weighted by atomic mass is 16.5. The molecule has 0 unspecified atom stereocenters. The number of hydrogen-bond acceptors (Lipinski definition) is 3. The topological polar surface area (TPSA) is 63.3 Å². The van der Waals surface area contributed by atoms with Gasteiger partial charge in [0.05, 0.1) is 12.1 Å². The number of aromatic nitrogens is 1. The van der Waals surface area contributed by atoms with Gasteiger partial charge in [-0.3, -0.25) is 4.79 Å². The van der Waals surface area contributed by atoms with Crippen LogP contribution in [0.25, 0.3) is 11.0 Å². The lowest BCUT2D eigenvalue weighted by molar-refractivity contribution is -0.136. The number of aliphatic carboxylic acids is 1. The summed E-state index contributed by atoms with van der Waals surface area (Å²) in [6.07, 6.45) is -0.0376. The van der Waals surface area contributed by atoms with E-state index in [0.29, 0.717) is 11.1 Å². The number of benzene rings is 1. The van der Waals surface area contributed by atoms with Gasteiger partial charge in [0.1, 0.15) is 0 Å². The molecule has 0 aliphatic carbocycles. The largest absolute Gasteiger partial charge is 0.481 e. The van der Waals surface area contributed by atoms with E-state index in [1.807, 2.05) is 26.0 Å². The lowest BCUT2D eigenvalue weighted by Crippen LogP contribution is -2.00. The van der Waals surface area contributed by atoms with Crippen LogP contribution in [0.15, 0.2) is 22.7 Å². The van der Waals surface area contributed by atoms with Gasteiger partial charge in [0, 0.05) is 10.9 Å². The SMILES string of the molecule is CC(C)c1noc2c(CC(=O)O)cccc12. The molecule has 0 saturated heterocycles. The zero-order valence-corrected chi connectivity index (χ0v) is 9.23. The molecule has 4 nitrogen and oxygen atoms in total. The Bertz CT molecular complexity index is 528. The Morgan fingerprint density at radius 1 is 1.50 bits per heavy atom. The summed E-state index contributed by atoms with van der Waals surface area (Å²) in [5.74, 6) is -0.601. The van der Waals surface area contributed by atoms with Gasteiger partial charge >= 0.3 is 5.97 Å². The average molecular weight is 219 g/mol. The fourth-order valence-corrected chi connectivity index (χ4v) is 1.76. The molecule has 1 N–H and O–H groups in total. The number of rotatable bonds is 3. The maximum atomic E-state index is 10.7. The first kappa shape index (κ1) is 10.7. The minimum Gasteiger partial charge on any atom is -0.481 e. The van der Waals surface area contributed by atoms with Gasteiger partial charge in [-0.25, -0.2) is 0 Å². The smallest absolute Gasteiger partial charge is 0.307 e. The summed E-state index contributed by atoms with van der Waals surface area (Å²) >= 11 is 0. The van der Waals surface area contributed by atoms with Crippen molar-refractivity contribution in [1.29, 1.82) is 0 Å². The van der Waals surface area contributed by atoms with Gasteiger partial charge in [-0.15, -0.1) is 0 Å². The summed E-state index contributed by atoms with van der Waals surface area (Å²) < 4.78 is 5.23. The first-order valence-corrected chi connectivity index (χ1v) is 5.18. The fourth-order valence-electron chi connectivity index (χ4n) is 1.76. The third-order valence-electron chi connectivity index (χ3n) is 2.50. The third kappa shape index (κ3) is 1.78. The van der Waals surface area contributed by atoms with Crippen LogP contribution in [0.3, 0.4) is 0 Å². The molecule has 0 atom stereocenters. The van der Waals surface area contributed by atoms with E-state index in [1.165, 1.54) is 0 Å². The Morgan fingerprint density at radius 3 is 2.88 bits per heavy atom. The van der Waals surface area contributed by atoms with Gasteiger partial charge in [0.25, 0.3) is 0 Å². The number of carboxylic acids is 1. The van der Waals surface area contributed by atoms with Crippen molar-refractivity contribution in [2.75, 3.05) is 0 Å². The zero-order chi connectivity index (χ0) is 11.7. The second-order valence-electron chi connectivity index (χ2n) is 4.09. The summed E-state index contributed by atoms with van der Waals surface area (Å²) in [4.78, 5) is 10.7. The number of fused-ring (bicyclic) bond motifs is 1. The van der Waals surface area contributed by atoms with Crippen molar-refractivity contribution < 1.29 is 14.4 Å². The van der Waals surface area contributed by atoms with E-state index in [2.05, 4.69) is 5.16 Å². The fraction of sp³-hybridized carbons (Fsp3) is 0.333. The molecular weight excluding hydrogens is 206 g/mol.